The standard InChI is InChI=1S/C18H17NO6/c1-3-5-10-16(20)24-12-14-8-7-9-15(18(14)19(22)23)13-25-17(21)11-6-4-2/h1-2,7-9H,5-6,10-13H2. The number of benzene rings is 1. The smallest absolute Gasteiger partial charge is 0.307 e. The Morgan fingerprint density at radius 1 is 1.00 bits per heavy atom. The van der Waals surface area contributed by atoms with Crippen LogP contribution in [-0.2, 0) is 32.3 Å². The van der Waals surface area contributed by atoms with E-state index in [0.717, 1.165) is 0 Å². The van der Waals surface area contributed by atoms with E-state index in [4.69, 9.17) is 22.3 Å². The second kappa shape index (κ2) is 10.5. The van der Waals surface area contributed by atoms with E-state index in [-0.39, 0.29) is 55.7 Å². The molecule has 0 saturated carbocycles. The van der Waals surface area contributed by atoms with Crippen molar-refractivity contribution in [2.24, 2.45) is 0 Å². The minimum atomic E-state index is -0.602. The summed E-state index contributed by atoms with van der Waals surface area (Å²) in [7, 11) is 0. The number of hydrogen-bond donors (Lipinski definition) is 0. The molecular weight excluding hydrogens is 326 g/mol. The fourth-order valence-corrected chi connectivity index (χ4v) is 1.92. The van der Waals surface area contributed by atoms with E-state index in [0.29, 0.717) is 0 Å². The normalized spacial score (nSPS) is 9.52. The Morgan fingerprint density at radius 2 is 1.44 bits per heavy atom. The van der Waals surface area contributed by atoms with Gasteiger partial charge in [0, 0.05) is 12.8 Å². The van der Waals surface area contributed by atoms with Crippen molar-refractivity contribution in [3.8, 4) is 24.7 Å². The number of rotatable bonds is 9. The lowest BCUT2D eigenvalue weighted by molar-refractivity contribution is -0.386. The molecule has 0 amide bonds. The minimum absolute atomic E-state index is 0.0385. The predicted molar refractivity (Wildman–Crippen MR) is 88.8 cm³/mol. The van der Waals surface area contributed by atoms with Crippen LogP contribution in [0.1, 0.15) is 36.8 Å². The zero-order valence-electron chi connectivity index (χ0n) is 13.5. The quantitative estimate of drug-likeness (QED) is 0.296. The Kier molecular flexibility index (Phi) is 8.25. The Balaban J connectivity index is 2.81. The maximum atomic E-state index is 11.5. The van der Waals surface area contributed by atoms with Crippen LogP contribution in [-0.4, -0.2) is 16.9 Å². The molecule has 0 radical (unpaired) electrons. The number of carbonyl (C=O) groups excluding carboxylic acids is 2. The van der Waals surface area contributed by atoms with Gasteiger partial charge in [-0.05, 0) is 12.1 Å². The molecule has 1 aromatic carbocycles. The summed E-state index contributed by atoms with van der Waals surface area (Å²) in [5, 5.41) is 11.3. The summed E-state index contributed by atoms with van der Waals surface area (Å²) in [6.45, 7) is -0.531. The second-order valence-corrected chi connectivity index (χ2v) is 4.91. The van der Waals surface area contributed by atoms with Crippen molar-refractivity contribution in [3.05, 3.63) is 39.4 Å². The van der Waals surface area contributed by atoms with Crippen LogP contribution in [0.4, 0.5) is 5.69 Å². The number of nitro benzene ring substituents is 1. The van der Waals surface area contributed by atoms with Crippen molar-refractivity contribution in [1.82, 2.24) is 0 Å². The molecule has 0 aliphatic heterocycles. The second-order valence-electron chi connectivity index (χ2n) is 4.91. The first-order valence-corrected chi connectivity index (χ1v) is 7.43. The molecule has 7 heteroatoms. The van der Waals surface area contributed by atoms with Crippen LogP contribution in [0, 0.1) is 34.8 Å². The molecule has 0 unspecified atom stereocenters. The first-order chi connectivity index (χ1) is 12.0. The molecule has 0 heterocycles. The number of nitro groups is 1. The molecule has 0 saturated heterocycles. The lowest BCUT2D eigenvalue weighted by atomic mass is 10.1. The summed E-state index contributed by atoms with van der Waals surface area (Å²) in [6.07, 6.45) is 10.7. The van der Waals surface area contributed by atoms with Gasteiger partial charge >= 0.3 is 11.9 Å². The lowest BCUT2D eigenvalue weighted by Crippen LogP contribution is -2.09. The highest BCUT2D eigenvalue weighted by atomic mass is 16.6. The Bertz CT molecular complexity index is 674. The first-order valence-electron chi connectivity index (χ1n) is 7.43. The summed E-state index contributed by atoms with van der Waals surface area (Å²) in [4.78, 5) is 33.7. The van der Waals surface area contributed by atoms with E-state index in [1.54, 1.807) is 6.07 Å². The van der Waals surface area contributed by atoms with Crippen molar-refractivity contribution in [2.45, 2.75) is 38.9 Å². The number of terminal acetylenes is 2. The highest BCUT2D eigenvalue weighted by Gasteiger charge is 2.21. The predicted octanol–water partition coefficient (Wildman–Crippen LogP) is 2.51. The van der Waals surface area contributed by atoms with Gasteiger partial charge in [-0.25, -0.2) is 0 Å². The van der Waals surface area contributed by atoms with E-state index in [9.17, 15) is 19.7 Å². The molecule has 0 aliphatic carbocycles. The van der Waals surface area contributed by atoms with E-state index in [1.807, 2.05) is 0 Å². The average molecular weight is 343 g/mol. The number of para-hydroxylation sites is 1. The Hall–Kier alpha value is -3.32. The van der Waals surface area contributed by atoms with Gasteiger partial charge < -0.3 is 9.47 Å². The van der Waals surface area contributed by atoms with Crippen molar-refractivity contribution in [2.75, 3.05) is 0 Å². The largest absolute Gasteiger partial charge is 0.461 e. The number of hydrogen-bond acceptors (Lipinski definition) is 6. The molecule has 0 bridgehead atoms. The maximum absolute atomic E-state index is 11.5. The van der Waals surface area contributed by atoms with Gasteiger partial charge in [-0.3, -0.25) is 19.7 Å². The highest BCUT2D eigenvalue weighted by molar-refractivity contribution is 5.70. The van der Waals surface area contributed by atoms with Crippen LogP contribution in [0.25, 0.3) is 0 Å². The lowest BCUT2D eigenvalue weighted by Gasteiger charge is -2.09. The highest BCUT2D eigenvalue weighted by Crippen LogP contribution is 2.25. The van der Waals surface area contributed by atoms with E-state index in [1.165, 1.54) is 12.1 Å². The van der Waals surface area contributed by atoms with Crippen LogP contribution >= 0.6 is 0 Å². The molecule has 0 aromatic heterocycles. The van der Waals surface area contributed by atoms with Crippen LogP contribution in [0.15, 0.2) is 18.2 Å². The minimum Gasteiger partial charge on any atom is -0.461 e. The number of nitrogens with zero attached hydrogens (tertiary/aromatic N) is 1. The van der Waals surface area contributed by atoms with E-state index >= 15 is 0 Å². The van der Waals surface area contributed by atoms with Crippen molar-refractivity contribution < 1.29 is 24.0 Å². The SMILES string of the molecule is C#CCCC(=O)OCc1cccc(COC(=O)CCC#C)c1[N+](=O)[O-]. The number of carbonyl (C=O) groups is 2. The molecule has 7 nitrogen and oxygen atoms in total. The van der Waals surface area contributed by atoms with Gasteiger partial charge in [-0.15, -0.1) is 24.7 Å². The third-order valence-electron chi connectivity index (χ3n) is 3.11. The molecule has 1 aromatic rings. The summed E-state index contributed by atoms with van der Waals surface area (Å²) in [5.41, 5.74) is 0.157. The molecule has 1 rings (SSSR count). The zero-order valence-corrected chi connectivity index (χ0v) is 13.5. The van der Waals surface area contributed by atoms with E-state index in [2.05, 4.69) is 11.8 Å². The van der Waals surface area contributed by atoms with Gasteiger partial charge in [0.1, 0.15) is 13.2 Å². The summed E-state index contributed by atoms with van der Waals surface area (Å²) in [5.74, 6) is 3.53. The Labute approximate surface area is 145 Å². The van der Waals surface area contributed by atoms with Gasteiger partial charge in [0.15, 0.2) is 0 Å². The summed E-state index contributed by atoms with van der Waals surface area (Å²) < 4.78 is 9.97. The third kappa shape index (κ3) is 6.76. The van der Waals surface area contributed by atoms with Crippen LogP contribution in [0.2, 0.25) is 0 Å². The molecule has 0 spiro atoms. The van der Waals surface area contributed by atoms with Gasteiger partial charge in [0.2, 0.25) is 0 Å². The summed E-state index contributed by atoms with van der Waals surface area (Å²) >= 11 is 0. The summed E-state index contributed by atoms with van der Waals surface area (Å²) in [6, 6.07) is 4.49. The van der Waals surface area contributed by atoms with E-state index < -0.39 is 16.9 Å². The average Bonchev–Trinajstić information content (AvgIpc) is 2.60. The molecule has 0 aliphatic rings. The third-order valence-corrected chi connectivity index (χ3v) is 3.11. The Morgan fingerprint density at radius 3 is 1.80 bits per heavy atom. The van der Waals surface area contributed by atoms with Gasteiger partial charge in [0.25, 0.3) is 5.69 Å². The van der Waals surface area contributed by atoms with Gasteiger partial charge in [-0.1, -0.05) is 6.07 Å². The fraction of sp³-hybridized carbons (Fsp3) is 0.333. The van der Waals surface area contributed by atoms with Crippen LogP contribution < -0.4 is 0 Å². The molecule has 0 atom stereocenters. The topological polar surface area (TPSA) is 95.7 Å². The van der Waals surface area contributed by atoms with Crippen LogP contribution in [0.3, 0.4) is 0 Å². The first kappa shape index (κ1) is 19.7. The van der Waals surface area contributed by atoms with Crippen molar-refractivity contribution >= 4 is 17.6 Å². The molecule has 25 heavy (non-hydrogen) atoms. The van der Waals surface area contributed by atoms with Crippen LogP contribution in [0.5, 0.6) is 0 Å². The maximum Gasteiger partial charge on any atom is 0.307 e. The molecule has 0 fully saturated rings. The van der Waals surface area contributed by atoms with Crippen molar-refractivity contribution in [3.63, 3.8) is 0 Å². The molecular formula is C18H17NO6. The molecule has 130 valence electrons. The fourth-order valence-electron chi connectivity index (χ4n) is 1.92. The molecule has 0 N–H and O–H groups in total. The number of esters is 2. The zero-order chi connectivity index (χ0) is 18.7. The van der Waals surface area contributed by atoms with Gasteiger partial charge in [0.05, 0.1) is 28.9 Å². The van der Waals surface area contributed by atoms with Crippen molar-refractivity contribution in [1.29, 1.82) is 0 Å². The monoisotopic (exact) mass is 343 g/mol. The number of ether oxygens (including phenoxy) is 2. The van der Waals surface area contributed by atoms with Gasteiger partial charge in [-0.2, -0.15) is 0 Å².